The molecule has 3 amide bonds. The number of carbonyl (C=O) groups is 3. The highest BCUT2D eigenvalue weighted by Crippen LogP contribution is 2.32. The summed E-state index contributed by atoms with van der Waals surface area (Å²) in [7, 11) is 0. The second-order valence-electron chi connectivity index (χ2n) is 11.1. The molecule has 1 saturated carbocycles. The van der Waals surface area contributed by atoms with Crippen molar-refractivity contribution in [2.75, 3.05) is 6.54 Å². The van der Waals surface area contributed by atoms with Crippen molar-refractivity contribution in [1.82, 2.24) is 15.5 Å². The van der Waals surface area contributed by atoms with Crippen molar-refractivity contribution in [3.63, 3.8) is 0 Å². The summed E-state index contributed by atoms with van der Waals surface area (Å²) in [5.74, 6) is -0.555. The summed E-state index contributed by atoms with van der Waals surface area (Å²) in [6.45, 7) is 12.2. The van der Waals surface area contributed by atoms with E-state index >= 15 is 0 Å². The van der Waals surface area contributed by atoms with Gasteiger partial charge in [-0.05, 0) is 84.6 Å². The number of nitrogens with zero attached hydrogens (tertiary/aromatic N) is 1. The number of amides is 3. The fourth-order valence-corrected chi connectivity index (χ4v) is 4.25. The molecule has 1 fully saturated rings. The first-order valence-corrected chi connectivity index (χ1v) is 12.1. The Labute approximate surface area is 203 Å². The van der Waals surface area contributed by atoms with Crippen LogP contribution < -0.4 is 10.6 Å². The first kappa shape index (κ1) is 27.5. The molecule has 0 heterocycles. The molecule has 8 nitrogen and oxygen atoms in total. The summed E-state index contributed by atoms with van der Waals surface area (Å²) in [5, 5.41) is 15.7. The Kier molecular flexibility index (Phi) is 8.97. The molecule has 0 aromatic heterocycles. The summed E-state index contributed by atoms with van der Waals surface area (Å²) in [6.07, 6.45) is 4.42. The van der Waals surface area contributed by atoms with Crippen LogP contribution in [0.3, 0.4) is 0 Å². The van der Waals surface area contributed by atoms with Crippen molar-refractivity contribution in [3.05, 3.63) is 29.3 Å². The molecule has 190 valence electrons. The molecule has 1 aliphatic rings. The van der Waals surface area contributed by atoms with E-state index in [1.165, 1.54) is 11.0 Å². The van der Waals surface area contributed by atoms with Crippen molar-refractivity contribution in [1.29, 1.82) is 0 Å². The predicted molar refractivity (Wildman–Crippen MR) is 131 cm³/mol. The lowest BCUT2D eigenvalue weighted by Crippen LogP contribution is -2.56. The van der Waals surface area contributed by atoms with Gasteiger partial charge in [-0.3, -0.25) is 9.59 Å². The van der Waals surface area contributed by atoms with Crippen LogP contribution in [0, 0.1) is 6.92 Å². The zero-order valence-corrected chi connectivity index (χ0v) is 21.7. The van der Waals surface area contributed by atoms with Crippen molar-refractivity contribution in [2.24, 2.45) is 0 Å². The first-order valence-electron chi connectivity index (χ1n) is 12.1. The number of ether oxygens (including phenoxy) is 1. The third-order valence-electron chi connectivity index (χ3n) is 5.77. The van der Waals surface area contributed by atoms with Gasteiger partial charge < -0.3 is 25.4 Å². The topological polar surface area (TPSA) is 108 Å². The minimum atomic E-state index is -0.922. The Hall–Kier alpha value is -2.77. The predicted octanol–water partition coefficient (Wildman–Crippen LogP) is 4.34. The molecule has 2 rings (SSSR count). The van der Waals surface area contributed by atoms with Crippen LogP contribution in [0.4, 0.5) is 4.79 Å². The number of hydrogen-bond acceptors (Lipinski definition) is 5. The number of phenolic OH excluding ortho intramolecular Hbond substituents is 1. The van der Waals surface area contributed by atoms with Crippen LogP contribution in [0.5, 0.6) is 5.75 Å². The molecule has 3 N–H and O–H groups in total. The van der Waals surface area contributed by atoms with Gasteiger partial charge in [0.15, 0.2) is 0 Å². The van der Waals surface area contributed by atoms with Gasteiger partial charge in [0.05, 0.1) is 0 Å². The second-order valence-corrected chi connectivity index (χ2v) is 11.1. The van der Waals surface area contributed by atoms with E-state index in [1.54, 1.807) is 39.8 Å². The monoisotopic (exact) mass is 475 g/mol. The second kappa shape index (κ2) is 11.1. The Morgan fingerprint density at radius 2 is 1.71 bits per heavy atom. The first-order chi connectivity index (χ1) is 15.7. The number of alkyl carbamates (subject to hydrolysis) is 1. The zero-order chi connectivity index (χ0) is 25.7. The van der Waals surface area contributed by atoms with Gasteiger partial charge in [0.1, 0.15) is 23.9 Å². The number of nitrogens with one attached hydrogen (secondary N) is 2. The van der Waals surface area contributed by atoms with Gasteiger partial charge >= 0.3 is 6.09 Å². The Balaban J connectivity index is 2.36. The molecule has 1 aliphatic carbocycles. The Bertz CT molecular complexity index is 879. The lowest BCUT2D eigenvalue weighted by atomic mass is 9.93. The van der Waals surface area contributed by atoms with Crippen molar-refractivity contribution in [3.8, 4) is 5.75 Å². The van der Waals surface area contributed by atoms with Crippen LogP contribution in [0.1, 0.15) is 90.8 Å². The molecule has 34 heavy (non-hydrogen) atoms. The molecule has 8 heteroatoms. The van der Waals surface area contributed by atoms with Gasteiger partial charge in [0.2, 0.25) is 11.8 Å². The summed E-state index contributed by atoms with van der Waals surface area (Å²) in [4.78, 5) is 40.7. The molecule has 1 aromatic rings. The minimum Gasteiger partial charge on any atom is -0.508 e. The van der Waals surface area contributed by atoms with Gasteiger partial charge in [-0.2, -0.15) is 0 Å². The maximum Gasteiger partial charge on any atom is 0.408 e. The van der Waals surface area contributed by atoms with Crippen LogP contribution >= 0.6 is 0 Å². The van der Waals surface area contributed by atoms with E-state index in [-0.39, 0.29) is 24.2 Å². The van der Waals surface area contributed by atoms with Crippen molar-refractivity contribution in [2.45, 2.75) is 104 Å². The van der Waals surface area contributed by atoms with Gasteiger partial charge in [0, 0.05) is 11.6 Å². The molecule has 1 aromatic carbocycles. The lowest BCUT2D eigenvalue weighted by molar-refractivity contribution is -0.146. The van der Waals surface area contributed by atoms with E-state index < -0.39 is 29.2 Å². The highest BCUT2D eigenvalue weighted by atomic mass is 16.6. The molecule has 0 saturated heterocycles. The molecule has 0 spiro atoms. The van der Waals surface area contributed by atoms with Gasteiger partial charge in [-0.25, -0.2) is 4.79 Å². The molecular weight excluding hydrogens is 434 g/mol. The number of aryl methyl sites for hydroxylation is 1. The normalized spacial score (nSPS) is 15.9. The fraction of sp³-hybridized carbons (Fsp3) is 0.654. The summed E-state index contributed by atoms with van der Waals surface area (Å²) < 4.78 is 5.25. The van der Waals surface area contributed by atoms with Crippen LogP contribution in [0.15, 0.2) is 18.2 Å². The highest BCUT2D eigenvalue weighted by molar-refractivity contribution is 5.91. The van der Waals surface area contributed by atoms with Crippen LogP contribution in [0.25, 0.3) is 0 Å². The van der Waals surface area contributed by atoms with Crippen molar-refractivity contribution >= 4 is 17.9 Å². The van der Waals surface area contributed by atoms with Gasteiger partial charge in [-0.15, -0.1) is 0 Å². The quantitative estimate of drug-likeness (QED) is 0.567. The molecule has 0 aliphatic heterocycles. The van der Waals surface area contributed by atoms with E-state index in [0.29, 0.717) is 11.1 Å². The number of benzene rings is 1. The maximum atomic E-state index is 13.6. The molecule has 0 radical (unpaired) electrons. The number of hydrogen-bond donors (Lipinski definition) is 3. The number of carbonyl (C=O) groups excluding carboxylic acids is 3. The van der Waals surface area contributed by atoms with E-state index in [9.17, 15) is 19.5 Å². The van der Waals surface area contributed by atoms with Crippen molar-refractivity contribution < 1.29 is 24.2 Å². The number of phenols is 1. The fourth-order valence-electron chi connectivity index (χ4n) is 4.25. The molecule has 0 bridgehead atoms. The average Bonchev–Trinajstić information content (AvgIpc) is 2.71. The van der Waals surface area contributed by atoms with E-state index in [2.05, 4.69) is 10.6 Å². The van der Waals surface area contributed by atoms with Crippen LogP contribution in [-0.2, 0) is 14.3 Å². The largest absolute Gasteiger partial charge is 0.508 e. The van der Waals surface area contributed by atoms with Crippen LogP contribution in [0.2, 0.25) is 0 Å². The summed E-state index contributed by atoms with van der Waals surface area (Å²) in [6, 6.07) is 4.08. The standard InChI is InChI=1S/C26H41N3O5/c1-17-15-18(13-14-20(17)30)22(23(32)28-19-11-9-8-10-12-19)29(25(2,3)4)21(31)16-27-24(33)34-26(5,6)7/h13-15,19,22,30H,8-12,16H2,1-7H3,(H,27,33)(H,28,32). The Morgan fingerprint density at radius 3 is 2.24 bits per heavy atom. The van der Waals surface area contributed by atoms with Gasteiger partial charge in [-0.1, -0.05) is 25.3 Å². The van der Waals surface area contributed by atoms with E-state index in [0.717, 1.165) is 32.1 Å². The van der Waals surface area contributed by atoms with E-state index in [1.807, 2.05) is 20.8 Å². The number of aromatic hydroxyl groups is 1. The zero-order valence-electron chi connectivity index (χ0n) is 21.7. The summed E-state index contributed by atoms with van der Waals surface area (Å²) in [5.41, 5.74) is -0.207. The minimum absolute atomic E-state index is 0.0683. The molecule has 1 atom stereocenters. The van der Waals surface area contributed by atoms with Gasteiger partial charge in [0.25, 0.3) is 0 Å². The smallest absolute Gasteiger partial charge is 0.408 e. The molecular formula is C26H41N3O5. The molecule has 1 unspecified atom stereocenters. The number of rotatable bonds is 6. The lowest BCUT2D eigenvalue weighted by Gasteiger charge is -2.42. The average molecular weight is 476 g/mol. The highest BCUT2D eigenvalue weighted by Gasteiger charge is 2.39. The third-order valence-corrected chi connectivity index (χ3v) is 5.77. The summed E-state index contributed by atoms with van der Waals surface area (Å²) >= 11 is 0. The Morgan fingerprint density at radius 1 is 1.09 bits per heavy atom. The third kappa shape index (κ3) is 7.92. The van der Waals surface area contributed by atoms with E-state index in [4.69, 9.17) is 4.74 Å². The SMILES string of the molecule is Cc1cc(C(C(=O)NC2CCCCC2)N(C(=O)CNC(=O)OC(C)(C)C)C(C)(C)C)ccc1O. The van der Waals surface area contributed by atoms with Crippen LogP contribution in [-0.4, -0.2) is 51.6 Å². The maximum absolute atomic E-state index is 13.6.